The Bertz CT molecular complexity index is 669. The highest BCUT2D eigenvalue weighted by molar-refractivity contribution is 5.15. The Balaban J connectivity index is 2.43. The second kappa shape index (κ2) is 14.4. The van der Waals surface area contributed by atoms with E-state index < -0.39 is 0 Å². The first kappa shape index (κ1) is 26.5. The quantitative estimate of drug-likeness (QED) is 0.266. The normalized spacial score (nSPS) is 19.9. The van der Waals surface area contributed by atoms with Gasteiger partial charge in [0.05, 0.1) is 0 Å². The summed E-state index contributed by atoms with van der Waals surface area (Å²) in [7, 11) is 0. The molecule has 0 N–H and O–H groups in total. The fourth-order valence-corrected chi connectivity index (χ4v) is 4.19. The average Bonchev–Trinajstić information content (AvgIpc) is 2.68. The zero-order valence-corrected chi connectivity index (χ0v) is 20.9. The van der Waals surface area contributed by atoms with Crippen LogP contribution < -0.4 is 0 Å². The maximum absolute atomic E-state index is 4.20. The van der Waals surface area contributed by atoms with Gasteiger partial charge in [0.15, 0.2) is 0 Å². The van der Waals surface area contributed by atoms with E-state index in [2.05, 4.69) is 84.6 Å². The van der Waals surface area contributed by atoms with Gasteiger partial charge in [0.2, 0.25) is 0 Å². The van der Waals surface area contributed by atoms with Gasteiger partial charge in [0.25, 0.3) is 0 Å². The van der Waals surface area contributed by atoms with Crippen molar-refractivity contribution in [3.8, 4) is 0 Å². The maximum Gasteiger partial charge on any atom is -0.00804 e. The predicted octanol–water partition coefficient (Wildman–Crippen LogP) is 10.2. The SMILES string of the molecule is C=C[C@]1(CC/C=C(\C)CCC=C(C)C)CC=C(CC/C=C(\C)CCC=C(C)C)CC1. The topological polar surface area (TPSA) is 0 Å². The first-order valence-corrected chi connectivity index (χ1v) is 12.2. The van der Waals surface area contributed by atoms with Crippen molar-refractivity contribution in [1.29, 1.82) is 0 Å². The van der Waals surface area contributed by atoms with Gasteiger partial charge in [-0.1, -0.05) is 64.3 Å². The van der Waals surface area contributed by atoms with E-state index in [1.54, 1.807) is 5.57 Å². The molecule has 1 aliphatic rings. The summed E-state index contributed by atoms with van der Waals surface area (Å²) in [6.45, 7) is 17.5. The lowest BCUT2D eigenvalue weighted by atomic mass is 9.71. The molecular weight excluding hydrogens is 360 g/mol. The van der Waals surface area contributed by atoms with Gasteiger partial charge in [0.1, 0.15) is 0 Å². The first-order valence-electron chi connectivity index (χ1n) is 12.2. The fraction of sp³-hybridized carbons (Fsp3) is 0.600. The molecule has 0 bridgehead atoms. The van der Waals surface area contributed by atoms with Crippen LogP contribution in [0.4, 0.5) is 0 Å². The Morgan fingerprint density at radius 3 is 1.87 bits per heavy atom. The van der Waals surface area contributed by atoms with Gasteiger partial charge >= 0.3 is 0 Å². The monoisotopic (exact) mass is 408 g/mol. The highest BCUT2D eigenvalue weighted by Crippen LogP contribution is 2.41. The lowest BCUT2D eigenvalue weighted by Gasteiger charge is -2.33. The zero-order valence-electron chi connectivity index (χ0n) is 20.9. The number of allylic oxidation sites excluding steroid dienone is 11. The summed E-state index contributed by atoms with van der Waals surface area (Å²) >= 11 is 0. The third-order valence-electron chi connectivity index (χ3n) is 6.45. The second-order valence-corrected chi connectivity index (χ2v) is 9.95. The zero-order chi connectivity index (χ0) is 22.4. The highest BCUT2D eigenvalue weighted by atomic mass is 14.3. The molecule has 0 radical (unpaired) electrons. The second-order valence-electron chi connectivity index (χ2n) is 9.95. The van der Waals surface area contributed by atoms with Crippen molar-refractivity contribution in [2.45, 2.75) is 112 Å². The van der Waals surface area contributed by atoms with Crippen molar-refractivity contribution in [3.63, 3.8) is 0 Å². The molecule has 30 heavy (non-hydrogen) atoms. The highest BCUT2D eigenvalue weighted by Gasteiger charge is 2.27. The molecule has 0 spiro atoms. The summed E-state index contributed by atoms with van der Waals surface area (Å²) in [5.74, 6) is 0. The smallest absolute Gasteiger partial charge is 0.00804 e. The van der Waals surface area contributed by atoms with E-state index in [-0.39, 0.29) is 0 Å². The summed E-state index contributed by atoms with van der Waals surface area (Å²) in [5.41, 5.74) is 7.90. The lowest BCUT2D eigenvalue weighted by Crippen LogP contribution is -2.20. The molecule has 0 aromatic rings. The van der Waals surface area contributed by atoms with Crippen molar-refractivity contribution >= 4 is 0 Å². The van der Waals surface area contributed by atoms with Gasteiger partial charge in [-0.15, -0.1) is 6.58 Å². The van der Waals surface area contributed by atoms with Gasteiger partial charge in [-0.05, 0) is 118 Å². The minimum absolute atomic E-state index is 0.316. The van der Waals surface area contributed by atoms with Crippen LogP contribution in [0.25, 0.3) is 0 Å². The molecule has 0 saturated carbocycles. The first-order chi connectivity index (χ1) is 14.3. The van der Waals surface area contributed by atoms with Crippen molar-refractivity contribution in [2.75, 3.05) is 0 Å². The van der Waals surface area contributed by atoms with Crippen molar-refractivity contribution in [2.24, 2.45) is 5.41 Å². The number of rotatable bonds is 13. The molecule has 1 rings (SSSR count). The summed E-state index contributed by atoms with van der Waals surface area (Å²) < 4.78 is 0. The molecule has 0 heteroatoms. The third-order valence-corrected chi connectivity index (χ3v) is 6.45. The largest absolute Gasteiger partial charge is 0.103 e. The van der Waals surface area contributed by atoms with Crippen LogP contribution in [0.1, 0.15) is 112 Å². The molecule has 0 unspecified atom stereocenters. The van der Waals surface area contributed by atoms with E-state index in [0.717, 1.165) is 0 Å². The van der Waals surface area contributed by atoms with E-state index in [9.17, 15) is 0 Å². The fourth-order valence-electron chi connectivity index (χ4n) is 4.19. The van der Waals surface area contributed by atoms with Crippen LogP contribution in [0.15, 0.2) is 70.9 Å². The maximum atomic E-state index is 4.20. The molecule has 0 aliphatic heterocycles. The minimum atomic E-state index is 0.316. The molecule has 1 aliphatic carbocycles. The summed E-state index contributed by atoms with van der Waals surface area (Å²) in [5, 5.41) is 0. The van der Waals surface area contributed by atoms with Crippen LogP contribution in [-0.4, -0.2) is 0 Å². The molecule has 0 amide bonds. The molecule has 0 saturated heterocycles. The van der Waals surface area contributed by atoms with Crippen molar-refractivity contribution in [3.05, 3.63) is 70.9 Å². The number of hydrogen-bond donors (Lipinski definition) is 0. The summed E-state index contributed by atoms with van der Waals surface area (Å²) in [4.78, 5) is 0. The van der Waals surface area contributed by atoms with E-state index in [1.165, 1.54) is 92.9 Å². The molecule has 168 valence electrons. The molecule has 0 nitrogen and oxygen atoms in total. The third kappa shape index (κ3) is 11.6. The average molecular weight is 409 g/mol. The molecule has 0 heterocycles. The molecule has 0 fully saturated rings. The Kier molecular flexibility index (Phi) is 12.7. The molecule has 0 aromatic carbocycles. The minimum Gasteiger partial charge on any atom is -0.103 e. The van der Waals surface area contributed by atoms with Gasteiger partial charge in [-0.3, -0.25) is 0 Å². The predicted molar refractivity (Wildman–Crippen MR) is 138 cm³/mol. The van der Waals surface area contributed by atoms with Crippen molar-refractivity contribution < 1.29 is 0 Å². The van der Waals surface area contributed by atoms with Crippen LogP contribution in [0.5, 0.6) is 0 Å². The molecule has 0 aromatic heterocycles. The van der Waals surface area contributed by atoms with Crippen molar-refractivity contribution in [1.82, 2.24) is 0 Å². The van der Waals surface area contributed by atoms with E-state index in [0.29, 0.717) is 5.41 Å². The van der Waals surface area contributed by atoms with E-state index in [4.69, 9.17) is 0 Å². The standard InChI is InChI=1S/C30H48/c1-8-30(22-12-18-28(7)16-10-14-26(4)5)23-20-29(21-24-30)19-11-17-27(6)15-9-13-25(2)3/h8,13-14,17-18,20H,1,9-12,15-16,19,21-24H2,2-7H3/b27-17+,28-18+/t30-/m0/s1. The van der Waals surface area contributed by atoms with Crippen LogP contribution in [0, 0.1) is 5.41 Å². The van der Waals surface area contributed by atoms with Crippen LogP contribution >= 0.6 is 0 Å². The molecular formula is C30H48. The van der Waals surface area contributed by atoms with Gasteiger partial charge in [-0.25, -0.2) is 0 Å². The lowest BCUT2D eigenvalue weighted by molar-refractivity contribution is 0.313. The number of hydrogen-bond acceptors (Lipinski definition) is 0. The van der Waals surface area contributed by atoms with Crippen LogP contribution in [0.3, 0.4) is 0 Å². The Labute approximate surface area is 188 Å². The van der Waals surface area contributed by atoms with E-state index >= 15 is 0 Å². The van der Waals surface area contributed by atoms with Gasteiger partial charge in [-0.2, -0.15) is 0 Å². The molecule has 1 atom stereocenters. The Morgan fingerprint density at radius 2 is 1.40 bits per heavy atom. The Hall–Kier alpha value is -1.56. The van der Waals surface area contributed by atoms with E-state index in [1.807, 2.05) is 0 Å². The Morgan fingerprint density at radius 1 is 0.833 bits per heavy atom. The summed E-state index contributed by atoms with van der Waals surface area (Å²) in [6.07, 6.45) is 27.7. The summed E-state index contributed by atoms with van der Waals surface area (Å²) in [6, 6.07) is 0. The van der Waals surface area contributed by atoms with Gasteiger partial charge in [0, 0.05) is 0 Å². The van der Waals surface area contributed by atoms with Crippen LogP contribution in [0.2, 0.25) is 0 Å². The van der Waals surface area contributed by atoms with Crippen LogP contribution in [-0.2, 0) is 0 Å². The van der Waals surface area contributed by atoms with Gasteiger partial charge < -0.3 is 0 Å².